The molecule has 2 nitrogen and oxygen atoms in total. The van der Waals surface area contributed by atoms with Crippen molar-refractivity contribution in [1.29, 1.82) is 0 Å². The van der Waals surface area contributed by atoms with Gasteiger partial charge < -0.3 is 10.3 Å². The quantitative estimate of drug-likeness (QED) is 0.322. The van der Waals surface area contributed by atoms with Gasteiger partial charge in [-0.2, -0.15) is 0 Å². The zero-order valence-corrected chi connectivity index (χ0v) is 2.00. The molecule has 0 aromatic heterocycles. The van der Waals surface area contributed by atoms with Crippen LogP contribution in [0.4, 0.5) is 0 Å². The first-order valence-electron chi connectivity index (χ1n) is 1.00. The van der Waals surface area contributed by atoms with E-state index in [1.165, 1.54) is 0 Å². The van der Waals surface area contributed by atoms with Crippen molar-refractivity contribution in [2.75, 3.05) is 0 Å². The van der Waals surface area contributed by atoms with E-state index in [1.54, 1.807) is 0 Å². The Bertz CT molecular complexity index is 12.4. The number of rotatable bonds is 2. The molecule has 0 saturated carbocycles. The maximum Gasteiger partial charge on any atom is 0.0185 e. The molecule has 0 aromatic carbocycles. The first-order chi connectivity index (χ1) is 2.41. The fourth-order valence-corrected chi connectivity index (χ4v) is 0. The zero-order valence-electron chi connectivity index (χ0n) is 2.00. The molecule has 0 bridgehead atoms. The van der Waals surface area contributed by atoms with E-state index in [4.69, 9.17) is 0 Å². The van der Waals surface area contributed by atoms with Crippen molar-refractivity contribution in [3.63, 3.8) is 0 Å². The van der Waals surface area contributed by atoms with Crippen LogP contribution in [0.5, 0.6) is 0 Å². The highest BCUT2D eigenvalue weighted by atomic mass is 14.8. The average molecular weight is 70.5 g/mol. The van der Waals surface area contributed by atoms with Crippen molar-refractivity contribution in [2.45, 2.75) is 0 Å². The Morgan fingerprint density at radius 1 is 1.20 bits per heavy atom. The van der Waals surface area contributed by atoms with Gasteiger partial charge in [0, 0.05) is 7.55 Å². The fraction of sp³-hybridized carbons (Fsp3) is 0. The van der Waals surface area contributed by atoms with Gasteiger partial charge in [0.2, 0.25) is 0 Å². The molecule has 0 aliphatic carbocycles. The summed E-state index contributed by atoms with van der Waals surface area (Å²) in [4.78, 5) is 0. The number of hydrogen-bond donors (Lipinski definition) is 2. The molecule has 0 atom stereocenters. The van der Waals surface area contributed by atoms with Gasteiger partial charge in [-0.05, 0) is 16.0 Å². The van der Waals surface area contributed by atoms with Crippen molar-refractivity contribution in [3.8, 4) is 0 Å². The highest BCUT2D eigenvalue weighted by Gasteiger charge is 1.43. The lowest BCUT2D eigenvalue weighted by Gasteiger charge is -2.10. The second kappa shape index (κ2) is 4.11. The van der Waals surface area contributed by atoms with E-state index in [9.17, 15) is 0 Å². The third-order valence-electron chi connectivity index (χ3n) is 0. The van der Waals surface area contributed by atoms with Crippen molar-refractivity contribution < 1.29 is 0 Å². The van der Waals surface area contributed by atoms with Gasteiger partial charge in [0.15, 0.2) is 0 Å². The van der Waals surface area contributed by atoms with Gasteiger partial charge in [-0.25, -0.2) is 0 Å². The number of nitrogens with one attached hydrogen (secondary N) is 2. The summed E-state index contributed by atoms with van der Waals surface area (Å²) in [6, 6.07) is 0. The molecule has 0 saturated heterocycles. The van der Waals surface area contributed by atoms with E-state index in [-0.39, 0.29) is 7.55 Å². The molecule has 0 rings (SSSR count). The normalized spacial score (nSPS) is 8.40. The predicted molar refractivity (Wildman–Crippen MR) is 34.7 cm³/mol. The SMILES string of the molecule is [BH3-]N[BH2-]N[BH3-]. The maximum absolute atomic E-state index is 3.34. The first kappa shape index (κ1) is 5.11. The second-order valence-corrected chi connectivity index (χ2v) is 0.250. The average Bonchev–Trinajstić information content (AvgIpc) is 1.41. The monoisotopic (exact) mass is 71.1 g/mol. The molecule has 0 radical (unpaired) electrons. The zero-order chi connectivity index (χ0) is 4.12. The van der Waals surface area contributed by atoms with Crippen molar-refractivity contribution in [1.82, 2.24) is 10.3 Å². The molecule has 0 heterocycles. The Labute approximate surface area is 34.9 Å². The molecular formula is H10B3N2-3. The van der Waals surface area contributed by atoms with Crippen LogP contribution in [0.3, 0.4) is 0 Å². The number of hydrogen-bond acceptors (Lipinski definition) is 2. The molecular weight excluding hydrogens is 60.4 g/mol. The summed E-state index contributed by atoms with van der Waals surface area (Å²) in [7, 11) is 1.31. The lowest BCUT2D eigenvalue weighted by Crippen LogP contribution is -2.28. The van der Waals surface area contributed by atoms with E-state index >= 15 is 0 Å². The van der Waals surface area contributed by atoms with Crippen molar-refractivity contribution in [3.05, 3.63) is 0 Å². The van der Waals surface area contributed by atoms with Crippen molar-refractivity contribution in [2.24, 2.45) is 0 Å². The molecule has 5 heavy (non-hydrogen) atoms. The van der Waals surface area contributed by atoms with Gasteiger partial charge >= 0.3 is 0 Å². The maximum atomic E-state index is 3.34. The smallest absolute Gasteiger partial charge is 0.0185 e. The van der Waals surface area contributed by atoms with Gasteiger partial charge in [-0.1, -0.05) is 0 Å². The Hall–Kier alpha value is 0.115. The summed E-state index contributed by atoms with van der Waals surface area (Å²) in [6.07, 6.45) is 0. The highest BCUT2D eigenvalue weighted by molar-refractivity contribution is 6.46. The van der Waals surface area contributed by atoms with E-state index in [1.807, 2.05) is 0 Å². The third-order valence-corrected chi connectivity index (χ3v) is 0. The molecule has 2 N–H and O–H groups in total. The summed E-state index contributed by atoms with van der Waals surface area (Å²) in [5.74, 6) is 0. The molecule has 0 amide bonds. The molecule has 0 unspecified atom stereocenters. The third kappa shape index (κ3) is 4.11. The van der Waals surface area contributed by atoms with Crippen LogP contribution in [0.15, 0.2) is 0 Å². The van der Waals surface area contributed by atoms with Crippen LogP contribution in [-0.2, 0) is 0 Å². The van der Waals surface area contributed by atoms with Crippen LogP contribution in [0.1, 0.15) is 0 Å². The van der Waals surface area contributed by atoms with Gasteiger partial charge in [0.25, 0.3) is 0 Å². The molecule has 0 fully saturated rings. The standard InChI is InChI=1S/B3H10N2/c1-4-3-5-2/h4-5H,3H2,1-2H3/q-3. The minimum atomic E-state index is 0.250. The second-order valence-electron chi connectivity index (χ2n) is 0.250. The molecule has 0 aromatic rings. The molecule has 0 aliphatic heterocycles. The van der Waals surface area contributed by atoms with Gasteiger partial charge in [0.1, 0.15) is 0 Å². The highest BCUT2D eigenvalue weighted by Crippen LogP contribution is 1.20. The first-order valence-corrected chi connectivity index (χ1v) is 1.00. The largest absolute Gasteiger partial charge is 0.670 e. The molecule has 32 valence electrons. The Morgan fingerprint density at radius 2 is 1.60 bits per heavy atom. The van der Waals surface area contributed by atoms with E-state index in [2.05, 4.69) is 10.3 Å². The lowest BCUT2D eigenvalue weighted by molar-refractivity contribution is 1.47. The minimum absolute atomic E-state index is 0.250. The van der Waals surface area contributed by atoms with Crippen LogP contribution in [0.25, 0.3) is 0 Å². The molecule has 5 heteroatoms. The lowest BCUT2D eigenvalue weighted by atomic mass is 10.1. The predicted octanol–water partition coefficient (Wildman–Crippen LogP) is -4.27. The Morgan fingerprint density at radius 3 is 1.60 bits per heavy atom. The van der Waals surface area contributed by atoms with Crippen LogP contribution in [0, 0.1) is 0 Å². The van der Waals surface area contributed by atoms with E-state index in [0.717, 1.165) is 0 Å². The fourth-order valence-electron chi connectivity index (χ4n) is 0. The Kier molecular flexibility index (Phi) is 4.21. The van der Waals surface area contributed by atoms with Crippen LogP contribution in [0.2, 0.25) is 0 Å². The summed E-state index contributed by atoms with van der Waals surface area (Å²) >= 11 is 0. The van der Waals surface area contributed by atoms with Crippen LogP contribution >= 0.6 is 0 Å². The topological polar surface area (TPSA) is 24.1 Å². The summed E-state index contributed by atoms with van der Waals surface area (Å²) in [5, 5.41) is 6.69. The van der Waals surface area contributed by atoms with Crippen LogP contribution in [-0.4, -0.2) is 23.5 Å². The summed E-state index contributed by atoms with van der Waals surface area (Å²) in [5.41, 5.74) is 0. The summed E-state index contributed by atoms with van der Waals surface area (Å²) < 4.78 is 0. The van der Waals surface area contributed by atoms with E-state index in [0.29, 0.717) is 16.0 Å². The van der Waals surface area contributed by atoms with E-state index < -0.39 is 0 Å². The minimum Gasteiger partial charge on any atom is -0.670 e. The Balaban J connectivity index is 2.19. The van der Waals surface area contributed by atoms with Crippen molar-refractivity contribution >= 4 is 23.5 Å². The molecule has 0 aliphatic rings. The summed E-state index contributed by atoms with van der Waals surface area (Å²) in [6.45, 7) is 0. The molecule has 0 spiro atoms. The van der Waals surface area contributed by atoms with Gasteiger partial charge in [0.05, 0.1) is 0 Å². The van der Waals surface area contributed by atoms with Crippen LogP contribution < -0.4 is 10.3 Å². The van der Waals surface area contributed by atoms with Gasteiger partial charge in [-0.15, -0.1) is 0 Å². The van der Waals surface area contributed by atoms with Gasteiger partial charge in [-0.3, -0.25) is 0 Å².